The van der Waals surface area contributed by atoms with Crippen molar-refractivity contribution in [2.24, 2.45) is 0 Å². The molecule has 0 radical (unpaired) electrons. The van der Waals surface area contributed by atoms with Gasteiger partial charge in [0.15, 0.2) is 0 Å². The quantitative estimate of drug-likeness (QED) is 0.889. The highest BCUT2D eigenvalue weighted by Crippen LogP contribution is 2.39. The standard InChI is InChI=1S/C14H24N2O3/c1-4-18-14(8-6-5-7-9-14)13-15-12(19-16-13)10(2)11(3)17/h10-11,17H,4-9H2,1-3H3. The zero-order chi connectivity index (χ0) is 13.9. The smallest absolute Gasteiger partial charge is 0.232 e. The van der Waals surface area contributed by atoms with Crippen LogP contribution < -0.4 is 0 Å². The van der Waals surface area contributed by atoms with Crippen molar-refractivity contribution in [1.29, 1.82) is 0 Å². The highest BCUT2D eigenvalue weighted by molar-refractivity contribution is 5.05. The molecule has 0 saturated heterocycles. The Morgan fingerprint density at radius 2 is 2.00 bits per heavy atom. The Morgan fingerprint density at radius 1 is 1.32 bits per heavy atom. The molecule has 1 saturated carbocycles. The number of hydrogen-bond donors (Lipinski definition) is 1. The van der Waals surface area contributed by atoms with Crippen LogP contribution >= 0.6 is 0 Å². The van der Waals surface area contributed by atoms with Crippen LogP contribution in [0.25, 0.3) is 0 Å². The van der Waals surface area contributed by atoms with Crippen molar-refractivity contribution in [3.63, 3.8) is 0 Å². The lowest BCUT2D eigenvalue weighted by molar-refractivity contribution is -0.0777. The maximum absolute atomic E-state index is 9.60. The molecule has 19 heavy (non-hydrogen) atoms. The van der Waals surface area contributed by atoms with Crippen LogP contribution in [-0.2, 0) is 10.3 Å². The molecule has 0 aromatic carbocycles. The molecule has 1 fully saturated rings. The lowest BCUT2D eigenvalue weighted by Crippen LogP contribution is -2.33. The van der Waals surface area contributed by atoms with E-state index in [0.29, 0.717) is 18.3 Å². The molecule has 1 aliphatic carbocycles. The minimum atomic E-state index is -0.498. The van der Waals surface area contributed by atoms with E-state index >= 15 is 0 Å². The van der Waals surface area contributed by atoms with Crippen LogP contribution in [-0.4, -0.2) is 28.0 Å². The molecule has 1 heterocycles. The normalized spacial score (nSPS) is 22.1. The van der Waals surface area contributed by atoms with Gasteiger partial charge in [-0.1, -0.05) is 31.3 Å². The number of nitrogens with zero attached hydrogens (tertiary/aromatic N) is 2. The molecule has 0 bridgehead atoms. The molecular formula is C14H24N2O3. The zero-order valence-electron chi connectivity index (χ0n) is 12.1. The van der Waals surface area contributed by atoms with Crippen LogP contribution in [0.3, 0.4) is 0 Å². The Morgan fingerprint density at radius 3 is 2.58 bits per heavy atom. The van der Waals surface area contributed by atoms with E-state index in [1.54, 1.807) is 6.92 Å². The van der Waals surface area contributed by atoms with Crippen LogP contribution in [0.5, 0.6) is 0 Å². The molecule has 1 aliphatic rings. The SMILES string of the molecule is CCOC1(c2noc(C(C)C(C)O)n2)CCCCC1. The Kier molecular flexibility index (Phi) is 4.58. The third-order valence-electron chi connectivity index (χ3n) is 4.04. The second-order valence-electron chi connectivity index (χ2n) is 5.47. The molecule has 0 aliphatic heterocycles. The summed E-state index contributed by atoms with van der Waals surface area (Å²) >= 11 is 0. The van der Waals surface area contributed by atoms with Crippen LogP contribution in [0.2, 0.25) is 0 Å². The van der Waals surface area contributed by atoms with Crippen molar-refractivity contribution in [3.8, 4) is 0 Å². The van der Waals surface area contributed by atoms with Crippen LogP contribution in [0.1, 0.15) is 70.5 Å². The number of hydrogen-bond acceptors (Lipinski definition) is 5. The highest BCUT2D eigenvalue weighted by Gasteiger charge is 2.39. The molecule has 1 aromatic rings. The minimum Gasteiger partial charge on any atom is -0.393 e. The monoisotopic (exact) mass is 268 g/mol. The van der Waals surface area contributed by atoms with E-state index in [2.05, 4.69) is 10.1 Å². The Bertz CT molecular complexity index is 392. The van der Waals surface area contributed by atoms with E-state index in [9.17, 15) is 5.11 Å². The van der Waals surface area contributed by atoms with E-state index in [-0.39, 0.29) is 11.5 Å². The van der Waals surface area contributed by atoms with Gasteiger partial charge in [-0.05, 0) is 26.7 Å². The predicted octanol–water partition coefficient (Wildman–Crippen LogP) is 2.75. The van der Waals surface area contributed by atoms with Gasteiger partial charge < -0.3 is 14.4 Å². The number of ether oxygens (including phenoxy) is 1. The van der Waals surface area contributed by atoms with Gasteiger partial charge in [0.2, 0.25) is 11.7 Å². The lowest BCUT2D eigenvalue weighted by atomic mass is 9.84. The number of aliphatic hydroxyl groups is 1. The molecule has 5 heteroatoms. The largest absolute Gasteiger partial charge is 0.393 e. The Labute approximate surface area is 114 Å². The summed E-state index contributed by atoms with van der Waals surface area (Å²) in [7, 11) is 0. The van der Waals surface area contributed by atoms with Gasteiger partial charge in [0.05, 0.1) is 12.0 Å². The van der Waals surface area contributed by atoms with Crippen molar-refractivity contribution < 1.29 is 14.4 Å². The Balaban J connectivity index is 2.23. The first-order chi connectivity index (χ1) is 9.09. The Hall–Kier alpha value is -0.940. The average Bonchev–Trinajstić information content (AvgIpc) is 2.89. The lowest BCUT2D eigenvalue weighted by Gasteiger charge is -2.33. The van der Waals surface area contributed by atoms with E-state index in [0.717, 1.165) is 25.7 Å². The zero-order valence-corrected chi connectivity index (χ0v) is 12.1. The summed E-state index contributed by atoms with van der Waals surface area (Å²) in [5, 5.41) is 13.7. The maximum atomic E-state index is 9.60. The summed E-state index contributed by atoms with van der Waals surface area (Å²) in [4.78, 5) is 4.48. The van der Waals surface area contributed by atoms with Crippen LogP contribution in [0, 0.1) is 0 Å². The van der Waals surface area contributed by atoms with E-state index in [4.69, 9.17) is 9.26 Å². The fraction of sp³-hybridized carbons (Fsp3) is 0.857. The summed E-state index contributed by atoms with van der Waals surface area (Å²) in [6.45, 7) is 6.26. The van der Waals surface area contributed by atoms with Crippen molar-refractivity contribution >= 4 is 0 Å². The average molecular weight is 268 g/mol. The number of aliphatic hydroxyl groups excluding tert-OH is 1. The fourth-order valence-electron chi connectivity index (χ4n) is 2.64. The second-order valence-corrected chi connectivity index (χ2v) is 5.47. The first-order valence-corrected chi connectivity index (χ1v) is 7.25. The van der Waals surface area contributed by atoms with Gasteiger partial charge in [0.1, 0.15) is 5.60 Å². The van der Waals surface area contributed by atoms with Crippen LogP contribution in [0.15, 0.2) is 4.52 Å². The highest BCUT2D eigenvalue weighted by atomic mass is 16.5. The molecule has 0 spiro atoms. The van der Waals surface area contributed by atoms with Gasteiger partial charge >= 0.3 is 0 Å². The van der Waals surface area contributed by atoms with Gasteiger partial charge in [-0.25, -0.2) is 0 Å². The first-order valence-electron chi connectivity index (χ1n) is 7.25. The van der Waals surface area contributed by atoms with Crippen molar-refractivity contribution in [2.75, 3.05) is 6.61 Å². The van der Waals surface area contributed by atoms with Gasteiger partial charge in [-0.2, -0.15) is 4.98 Å². The summed E-state index contributed by atoms with van der Waals surface area (Å²) in [5.74, 6) is 0.995. The first kappa shape index (κ1) is 14.5. The topological polar surface area (TPSA) is 68.4 Å². The minimum absolute atomic E-state index is 0.150. The van der Waals surface area contributed by atoms with E-state index in [1.165, 1.54) is 6.42 Å². The van der Waals surface area contributed by atoms with Gasteiger partial charge in [-0.3, -0.25) is 0 Å². The molecule has 1 aromatic heterocycles. The van der Waals surface area contributed by atoms with Crippen LogP contribution in [0.4, 0.5) is 0 Å². The van der Waals surface area contributed by atoms with Gasteiger partial charge in [-0.15, -0.1) is 0 Å². The maximum Gasteiger partial charge on any atom is 0.232 e. The number of rotatable bonds is 5. The molecule has 108 valence electrons. The molecule has 2 unspecified atom stereocenters. The van der Waals surface area contributed by atoms with Gasteiger partial charge in [0.25, 0.3) is 0 Å². The van der Waals surface area contributed by atoms with Gasteiger partial charge in [0, 0.05) is 6.61 Å². The second kappa shape index (κ2) is 6.01. The third kappa shape index (κ3) is 2.98. The molecule has 5 nitrogen and oxygen atoms in total. The molecule has 0 amide bonds. The van der Waals surface area contributed by atoms with E-state index in [1.807, 2.05) is 13.8 Å². The predicted molar refractivity (Wildman–Crippen MR) is 70.8 cm³/mol. The van der Waals surface area contributed by atoms with Crippen molar-refractivity contribution in [3.05, 3.63) is 11.7 Å². The summed E-state index contributed by atoms with van der Waals surface area (Å²) in [6.07, 6.45) is 4.91. The van der Waals surface area contributed by atoms with Crippen molar-refractivity contribution in [2.45, 2.75) is 70.5 Å². The van der Waals surface area contributed by atoms with E-state index < -0.39 is 6.10 Å². The summed E-state index contributed by atoms with van der Waals surface area (Å²) in [6, 6.07) is 0. The molecule has 2 atom stereocenters. The summed E-state index contributed by atoms with van der Waals surface area (Å²) in [5.41, 5.74) is -0.382. The van der Waals surface area contributed by atoms with Crippen molar-refractivity contribution in [1.82, 2.24) is 10.1 Å². The molecular weight excluding hydrogens is 244 g/mol. The molecule has 1 N–H and O–H groups in total. The molecule has 2 rings (SSSR count). The summed E-state index contributed by atoms with van der Waals surface area (Å²) < 4.78 is 11.3. The number of aromatic nitrogens is 2. The third-order valence-corrected chi connectivity index (χ3v) is 4.04. The fourth-order valence-corrected chi connectivity index (χ4v) is 2.64.